The molecule has 0 aromatic carbocycles. The number of phosphoric ester groups is 1. The maximum absolute atomic E-state index is 12.3. The molecule has 0 aromatic heterocycles. The predicted molar refractivity (Wildman–Crippen MR) is 235 cm³/mol. The molecule has 0 radical (unpaired) electrons. The van der Waals surface area contributed by atoms with E-state index < -0.39 is 57.6 Å². The third-order valence-electron chi connectivity index (χ3n) is 9.32. The summed E-state index contributed by atoms with van der Waals surface area (Å²) >= 11 is 0. The molecule has 334 valence electrons. The van der Waals surface area contributed by atoms with Crippen LogP contribution in [-0.4, -0.2) is 64.9 Å². The molecule has 3 atom stereocenters. The van der Waals surface area contributed by atoms with Crippen molar-refractivity contribution >= 4 is 25.7 Å². The van der Waals surface area contributed by atoms with Gasteiger partial charge in [-0.1, -0.05) is 171 Å². The number of unbranched alkanes of at least 4 members (excludes halogenated alkanes) is 17. The number of carbonyl (C=O) groups excluding carboxylic acids is 2. The van der Waals surface area contributed by atoms with E-state index in [1.807, 2.05) is 0 Å². The van der Waals surface area contributed by atoms with E-state index in [4.69, 9.17) is 13.8 Å². The number of aliphatic carboxylic acids is 1. The first-order chi connectivity index (χ1) is 28.1. The Kier molecular flexibility index (Phi) is 38.9. The Morgan fingerprint density at radius 1 is 0.569 bits per heavy atom. The molecule has 1 amide bonds. The maximum atomic E-state index is 12.3. The Labute approximate surface area is 351 Å². The van der Waals surface area contributed by atoms with Crippen molar-refractivity contribution in [3.05, 3.63) is 60.8 Å². The van der Waals surface area contributed by atoms with Crippen LogP contribution in [0, 0.1) is 0 Å². The van der Waals surface area contributed by atoms with Crippen molar-refractivity contribution in [2.75, 3.05) is 19.8 Å². The number of aliphatic hydroxyl groups is 1. The summed E-state index contributed by atoms with van der Waals surface area (Å²) in [6, 6.07) is -1.57. The van der Waals surface area contributed by atoms with Crippen molar-refractivity contribution in [2.45, 2.75) is 193 Å². The van der Waals surface area contributed by atoms with E-state index in [1.54, 1.807) is 0 Å². The summed E-state index contributed by atoms with van der Waals surface area (Å²) in [5, 5.41) is 21.8. The van der Waals surface area contributed by atoms with Crippen molar-refractivity contribution in [3.8, 4) is 0 Å². The number of hydrogen-bond acceptors (Lipinski definition) is 8. The summed E-state index contributed by atoms with van der Waals surface area (Å²) in [5.41, 5.74) is 0. The molecule has 58 heavy (non-hydrogen) atoms. The molecular weight excluding hydrogens is 757 g/mol. The molecule has 0 aliphatic heterocycles. The number of aliphatic hydroxyl groups excluding tert-OH is 1. The second-order valence-electron chi connectivity index (χ2n) is 14.9. The fourth-order valence-corrected chi connectivity index (χ4v) is 6.64. The second-order valence-corrected chi connectivity index (χ2v) is 16.3. The molecule has 0 bridgehead atoms. The minimum Gasteiger partial charge on any atom is -0.480 e. The maximum Gasteiger partial charge on any atom is 0.472 e. The first-order valence-corrected chi connectivity index (χ1v) is 23.8. The zero-order valence-corrected chi connectivity index (χ0v) is 37.0. The van der Waals surface area contributed by atoms with Gasteiger partial charge in [-0.05, 0) is 57.8 Å². The number of nitrogens with one attached hydrogen (secondary N) is 1. The van der Waals surface area contributed by atoms with Gasteiger partial charge in [0.1, 0.15) is 12.7 Å². The highest BCUT2D eigenvalue weighted by Gasteiger charge is 2.28. The molecule has 11 nitrogen and oxygen atoms in total. The summed E-state index contributed by atoms with van der Waals surface area (Å²) in [6.45, 7) is 2.46. The zero-order valence-electron chi connectivity index (χ0n) is 36.1. The van der Waals surface area contributed by atoms with Gasteiger partial charge in [0.2, 0.25) is 5.91 Å². The highest BCUT2D eigenvalue weighted by Crippen LogP contribution is 2.43. The molecule has 0 aliphatic rings. The topological polar surface area (TPSA) is 169 Å². The second kappa shape index (κ2) is 40.9. The van der Waals surface area contributed by atoms with Crippen LogP contribution < -0.4 is 5.32 Å². The summed E-state index contributed by atoms with van der Waals surface area (Å²) in [5.74, 6) is -2.42. The van der Waals surface area contributed by atoms with E-state index in [-0.39, 0.29) is 12.8 Å². The van der Waals surface area contributed by atoms with Crippen molar-refractivity contribution < 1.29 is 47.8 Å². The fourth-order valence-electron chi connectivity index (χ4n) is 5.87. The van der Waals surface area contributed by atoms with Crippen molar-refractivity contribution in [2.24, 2.45) is 0 Å². The van der Waals surface area contributed by atoms with Crippen LogP contribution in [0.15, 0.2) is 60.8 Å². The van der Waals surface area contributed by atoms with Crippen LogP contribution in [0.3, 0.4) is 0 Å². The van der Waals surface area contributed by atoms with E-state index in [0.29, 0.717) is 12.8 Å². The molecule has 0 aromatic rings. The van der Waals surface area contributed by atoms with Gasteiger partial charge in [0.15, 0.2) is 6.04 Å². The third-order valence-corrected chi connectivity index (χ3v) is 10.3. The van der Waals surface area contributed by atoms with Crippen molar-refractivity contribution in [1.82, 2.24) is 5.32 Å². The van der Waals surface area contributed by atoms with Crippen LogP contribution in [0.5, 0.6) is 0 Å². The highest BCUT2D eigenvalue weighted by atomic mass is 31.2. The number of hydrogen-bond donors (Lipinski definition) is 4. The van der Waals surface area contributed by atoms with Gasteiger partial charge in [0.25, 0.3) is 0 Å². The van der Waals surface area contributed by atoms with Crippen LogP contribution in [0.4, 0.5) is 0 Å². The van der Waals surface area contributed by atoms with Crippen LogP contribution in [-0.2, 0) is 32.7 Å². The van der Waals surface area contributed by atoms with Gasteiger partial charge in [-0.15, -0.1) is 0 Å². The summed E-state index contributed by atoms with van der Waals surface area (Å²) in [7, 11) is -4.77. The van der Waals surface area contributed by atoms with Gasteiger partial charge < -0.3 is 25.2 Å². The monoisotopic (exact) mass is 838 g/mol. The number of esters is 1. The average molecular weight is 838 g/mol. The number of carboxylic acid groups (broad SMARTS) is 1. The van der Waals surface area contributed by atoms with Gasteiger partial charge >= 0.3 is 19.8 Å². The molecule has 0 heterocycles. The number of amides is 1. The van der Waals surface area contributed by atoms with E-state index in [9.17, 15) is 34.1 Å². The van der Waals surface area contributed by atoms with E-state index in [0.717, 1.165) is 70.6 Å². The number of rotatable bonds is 41. The van der Waals surface area contributed by atoms with E-state index in [2.05, 4.69) is 79.9 Å². The minimum absolute atomic E-state index is 0.104. The quantitative estimate of drug-likeness (QED) is 0.0201. The normalized spacial score (nSPS) is 14.3. The molecule has 0 fully saturated rings. The summed E-state index contributed by atoms with van der Waals surface area (Å²) < 4.78 is 26.8. The smallest absolute Gasteiger partial charge is 0.472 e. The lowest BCUT2D eigenvalue weighted by molar-refractivity contribution is -0.147. The lowest BCUT2D eigenvalue weighted by Crippen LogP contribution is -2.43. The van der Waals surface area contributed by atoms with E-state index >= 15 is 0 Å². The Hall–Kier alpha value is -2.82. The van der Waals surface area contributed by atoms with Crippen LogP contribution in [0.1, 0.15) is 181 Å². The molecule has 0 aliphatic carbocycles. The molecule has 3 unspecified atom stereocenters. The third kappa shape index (κ3) is 40.0. The van der Waals surface area contributed by atoms with Crippen LogP contribution >= 0.6 is 7.82 Å². The average Bonchev–Trinajstić information content (AvgIpc) is 3.20. The minimum atomic E-state index is -4.77. The lowest BCUT2D eigenvalue weighted by atomic mass is 10.0. The molecule has 12 heteroatoms. The number of allylic oxidation sites excluding steroid dienone is 10. The Morgan fingerprint density at radius 3 is 1.50 bits per heavy atom. The van der Waals surface area contributed by atoms with Gasteiger partial charge in [-0.2, -0.15) is 0 Å². The fraction of sp³-hybridized carbons (Fsp3) is 0.717. The molecule has 0 saturated carbocycles. The van der Waals surface area contributed by atoms with Crippen molar-refractivity contribution in [3.63, 3.8) is 0 Å². The zero-order chi connectivity index (χ0) is 42.8. The van der Waals surface area contributed by atoms with Crippen LogP contribution in [0.2, 0.25) is 0 Å². The van der Waals surface area contributed by atoms with E-state index in [1.165, 1.54) is 70.6 Å². The molecule has 0 spiro atoms. The van der Waals surface area contributed by atoms with Gasteiger partial charge in [0, 0.05) is 12.8 Å². The predicted octanol–water partition coefficient (Wildman–Crippen LogP) is 11.6. The summed E-state index contributed by atoms with van der Waals surface area (Å²) in [6.07, 6.45) is 46.7. The number of ether oxygens (including phenoxy) is 1. The number of carboxylic acids is 1. The first-order valence-electron chi connectivity index (χ1n) is 22.3. The lowest BCUT2D eigenvalue weighted by Gasteiger charge is -2.18. The molecule has 4 N–H and O–H groups in total. The van der Waals surface area contributed by atoms with Gasteiger partial charge in [-0.3, -0.25) is 18.6 Å². The Bertz CT molecular complexity index is 1210. The first kappa shape index (κ1) is 55.2. The largest absolute Gasteiger partial charge is 0.480 e. The van der Waals surface area contributed by atoms with Gasteiger partial charge in [0.05, 0.1) is 13.2 Å². The molecule has 0 rings (SSSR count). The SMILES string of the molecule is CC/C=C\C/C=C\C/C=C\C/C=C\C/C=C\CCCCCC(=O)NC(COP(=O)(O)OCC(O)COC(=O)CCCCCCCCCCCCCCCCC)C(=O)O. The molecular formula is C46H80NO10P. The molecule has 0 saturated heterocycles. The Balaban J connectivity index is 3.96. The number of carbonyl (C=O) groups is 3. The summed E-state index contributed by atoms with van der Waals surface area (Å²) in [4.78, 5) is 45.9. The standard InChI is InChI=1S/C46H80NO10P/c1-3-5-7-9-11-13-15-17-19-20-21-22-24-25-27-29-31-33-35-37-44(49)47-43(46(51)52)41-57-58(53,54)56-40-42(48)39-55-45(50)38-36-34-32-30-28-26-23-18-16-14-12-10-8-6-4-2/h5,7,11,13,17,19,21-22,25,27,42-43,48H,3-4,6,8-10,12,14-16,18,20,23-24,26,28-41H2,1-2H3,(H,47,49)(H,51,52)(H,53,54)/b7-5-,13-11-,19-17-,22-21-,27-25-. The number of phosphoric acid groups is 1. The Morgan fingerprint density at radius 2 is 1.00 bits per heavy atom. The highest BCUT2D eigenvalue weighted by molar-refractivity contribution is 7.47. The van der Waals surface area contributed by atoms with Crippen molar-refractivity contribution in [1.29, 1.82) is 0 Å². The van der Waals surface area contributed by atoms with Crippen LogP contribution in [0.25, 0.3) is 0 Å². The van der Waals surface area contributed by atoms with Gasteiger partial charge in [-0.25, -0.2) is 9.36 Å².